The van der Waals surface area contributed by atoms with Crippen molar-refractivity contribution < 1.29 is 14.8 Å². The molecule has 21 heavy (non-hydrogen) atoms. The molecular formula is C13H10N4O4. The SMILES string of the molecule is Cc1nn(-c2cccc(C#N)c2[N+](=O)[O-])c(C)c1C(=O)O. The summed E-state index contributed by atoms with van der Waals surface area (Å²) in [6.07, 6.45) is 0. The number of hydrogen-bond donors (Lipinski definition) is 1. The van der Waals surface area contributed by atoms with Crippen molar-refractivity contribution in [2.75, 3.05) is 0 Å². The zero-order valence-electron chi connectivity index (χ0n) is 11.2. The van der Waals surface area contributed by atoms with Gasteiger partial charge in [0.2, 0.25) is 0 Å². The van der Waals surface area contributed by atoms with Gasteiger partial charge in [0, 0.05) is 0 Å². The molecular weight excluding hydrogens is 276 g/mol. The molecule has 2 aromatic rings. The van der Waals surface area contributed by atoms with Crippen molar-refractivity contribution >= 4 is 11.7 Å². The van der Waals surface area contributed by atoms with E-state index in [9.17, 15) is 14.9 Å². The maximum atomic E-state index is 11.2. The summed E-state index contributed by atoms with van der Waals surface area (Å²) in [5.41, 5.74) is 0.0538. The molecule has 0 atom stereocenters. The van der Waals surface area contributed by atoms with Crippen molar-refractivity contribution in [2.45, 2.75) is 13.8 Å². The second kappa shape index (κ2) is 5.05. The van der Waals surface area contributed by atoms with Gasteiger partial charge in [-0.3, -0.25) is 10.1 Å². The third-order valence-corrected chi connectivity index (χ3v) is 3.05. The minimum Gasteiger partial charge on any atom is -0.478 e. The lowest BCUT2D eigenvalue weighted by Gasteiger charge is -2.06. The van der Waals surface area contributed by atoms with Gasteiger partial charge in [0.25, 0.3) is 0 Å². The smallest absolute Gasteiger partial charge is 0.339 e. The number of nitro benzene ring substituents is 1. The van der Waals surface area contributed by atoms with Crippen LogP contribution in [0.1, 0.15) is 27.3 Å². The molecule has 8 heteroatoms. The molecule has 0 bridgehead atoms. The van der Waals surface area contributed by atoms with Crippen molar-refractivity contribution in [1.82, 2.24) is 9.78 Å². The molecule has 0 radical (unpaired) electrons. The molecule has 0 saturated heterocycles. The van der Waals surface area contributed by atoms with Gasteiger partial charge in [-0.1, -0.05) is 6.07 Å². The molecule has 2 rings (SSSR count). The Bertz CT molecular complexity index is 801. The highest BCUT2D eigenvalue weighted by Gasteiger charge is 2.25. The Morgan fingerprint density at radius 1 is 1.48 bits per heavy atom. The second-order valence-electron chi connectivity index (χ2n) is 4.30. The van der Waals surface area contributed by atoms with E-state index < -0.39 is 16.6 Å². The summed E-state index contributed by atoms with van der Waals surface area (Å²) in [5.74, 6) is -1.16. The van der Waals surface area contributed by atoms with Crippen molar-refractivity contribution in [3.05, 3.63) is 50.8 Å². The number of carbonyl (C=O) groups is 1. The molecule has 0 amide bonds. The molecule has 0 fully saturated rings. The molecule has 0 aliphatic rings. The zero-order valence-corrected chi connectivity index (χ0v) is 11.2. The number of carboxylic acids is 1. The van der Waals surface area contributed by atoms with E-state index in [-0.39, 0.29) is 28.2 Å². The van der Waals surface area contributed by atoms with Gasteiger partial charge in [-0.15, -0.1) is 0 Å². The molecule has 106 valence electrons. The van der Waals surface area contributed by atoms with Crippen LogP contribution in [0.15, 0.2) is 18.2 Å². The second-order valence-corrected chi connectivity index (χ2v) is 4.30. The standard InChI is InChI=1S/C13H10N4O4/c1-7-11(13(18)19)8(2)16(15-7)10-5-3-4-9(6-14)12(10)17(20)21/h3-5H,1-2H3,(H,18,19). The average molecular weight is 286 g/mol. The van der Waals surface area contributed by atoms with E-state index in [1.165, 1.54) is 36.7 Å². The number of benzene rings is 1. The Kier molecular flexibility index (Phi) is 3.42. The van der Waals surface area contributed by atoms with Gasteiger partial charge >= 0.3 is 11.7 Å². The number of aromatic nitrogens is 2. The number of nitrogens with zero attached hydrogens (tertiary/aromatic N) is 4. The first-order valence-corrected chi connectivity index (χ1v) is 5.85. The summed E-state index contributed by atoms with van der Waals surface area (Å²) < 4.78 is 1.18. The van der Waals surface area contributed by atoms with Crippen LogP contribution < -0.4 is 0 Å². The fourth-order valence-electron chi connectivity index (χ4n) is 2.17. The highest BCUT2D eigenvalue weighted by molar-refractivity contribution is 5.90. The first-order chi connectivity index (χ1) is 9.88. The summed E-state index contributed by atoms with van der Waals surface area (Å²) in [6, 6.07) is 5.98. The van der Waals surface area contributed by atoms with E-state index in [0.29, 0.717) is 0 Å². The predicted octanol–water partition coefficient (Wildman–Crippen LogP) is 1.97. The van der Waals surface area contributed by atoms with E-state index in [1.807, 2.05) is 0 Å². The minimum absolute atomic E-state index is 0.00772. The van der Waals surface area contributed by atoms with Gasteiger partial charge in [-0.05, 0) is 26.0 Å². The van der Waals surface area contributed by atoms with Crippen LogP contribution in [0.3, 0.4) is 0 Å². The van der Waals surface area contributed by atoms with Crippen LogP contribution in [0.5, 0.6) is 0 Å². The Hall–Kier alpha value is -3.21. The van der Waals surface area contributed by atoms with Gasteiger partial charge in [0.1, 0.15) is 22.9 Å². The van der Waals surface area contributed by atoms with Crippen LogP contribution in [0.2, 0.25) is 0 Å². The van der Waals surface area contributed by atoms with Crippen LogP contribution in [0.25, 0.3) is 5.69 Å². The summed E-state index contributed by atoms with van der Waals surface area (Å²) >= 11 is 0. The summed E-state index contributed by atoms with van der Waals surface area (Å²) in [7, 11) is 0. The number of nitriles is 1. The molecule has 1 heterocycles. The number of carboxylic acid groups (broad SMARTS) is 1. The number of aromatic carboxylic acids is 1. The molecule has 0 spiro atoms. The van der Waals surface area contributed by atoms with Crippen LogP contribution in [0.4, 0.5) is 5.69 Å². The number of nitro groups is 1. The monoisotopic (exact) mass is 286 g/mol. The fourth-order valence-corrected chi connectivity index (χ4v) is 2.17. The minimum atomic E-state index is -1.16. The van der Waals surface area contributed by atoms with Gasteiger partial charge < -0.3 is 5.11 Å². The molecule has 0 aliphatic heterocycles. The Morgan fingerprint density at radius 2 is 2.14 bits per heavy atom. The third kappa shape index (κ3) is 2.21. The van der Waals surface area contributed by atoms with Crippen LogP contribution in [-0.2, 0) is 0 Å². The highest BCUT2D eigenvalue weighted by Crippen LogP contribution is 2.28. The number of aryl methyl sites for hydroxylation is 1. The predicted molar refractivity (Wildman–Crippen MR) is 71.4 cm³/mol. The van der Waals surface area contributed by atoms with Crippen molar-refractivity contribution in [1.29, 1.82) is 5.26 Å². The Balaban J connectivity index is 2.81. The first-order valence-electron chi connectivity index (χ1n) is 5.85. The molecule has 1 aromatic heterocycles. The van der Waals surface area contributed by atoms with E-state index in [0.717, 1.165) is 0 Å². The maximum absolute atomic E-state index is 11.2. The van der Waals surface area contributed by atoms with E-state index in [1.54, 1.807) is 6.07 Å². The number of para-hydroxylation sites is 1. The molecule has 0 aliphatic carbocycles. The van der Waals surface area contributed by atoms with Crippen LogP contribution in [-0.4, -0.2) is 25.8 Å². The average Bonchev–Trinajstić information content (AvgIpc) is 2.72. The quantitative estimate of drug-likeness (QED) is 0.679. The van der Waals surface area contributed by atoms with Crippen LogP contribution in [0, 0.1) is 35.3 Å². The normalized spacial score (nSPS) is 10.1. The van der Waals surface area contributed by atoms with Crippen LogP contribution >= 0.6 is 0 Å². The third-order valence-electron chi connectivity index (χ3n) is 3.05. The topological polar surface area (TPSA) is 122 Å². The molecule has 1 N–H and O–H groups in total. The summed E-state index contributed by atoms with van der Waals surface area (Å²) in [4.78, 5) is 21.7. The fraction of sp³-hybridized carbons (Fsp3) is 0.154. The zero-order chi connectivity index (χ0) is 15.7. The van der Waals surface area contributed by atoms with E-state index >= 15 is 0 Å². The largest absolute Gasteiger partial charge is 0.478 e. The lowest BCUT2D eigenvalue weighted by Crippen LogP contribution is -2.06. The highest BCUT2D eigenvalue weighted by atomic mass is 16.6. The van der Waals surface area contributed by atoms with Gasteiger partial charge in [0.05, 0.1) is 16.3 Å². The van der Waals surface area contributed by atoms with E-state index in [2.05, 4.69) is 5.10 Å². The molecule has 0 saturated carbocycles. The number of rotatable bonds is 3. The Labute approximate surface area is 119 Å². The van der Waals surface area contributed by atoms with Crippen molar-refractivity contribution in [3.8, 4) is 11.8 Å². The van der Waals surface area contributed by atoms with Crippen molar-refractivity contribution in [3.63, 3.8) is 0 Å². The molecule has 1 aromatic carbocycles. The lowest BCUT2D eigenvalue weighted by molar-refractivity contribution is -0.384. The lowest BCUT2D eigenvalue weighted by atomic mass is 10.1. The first kappa shape index (κ1) is 14.2. The van der Waals surface area contributed by atoms with Gasteiger partial charge in [0.15, 0.2) is 0 Å². The summed E-state index contributed by atoms with van der Waals surface area (Å²) in [6.45, 7) is 3.01. The van der Waals surface area contributed by atoms with Gasteiger partial charge in [-0.25, -0.2) is 9.48 Å². The van der Waals surface area contributed by atoms with Gasteiger partial charge in [-0.2, -0.15) is 10.4 Å². The maximum Gasteiger partial charge on any atom is 0.339 e. The Morgan fingerprint density at radius 3 is 2.62 bits per heavy atom. The summed E-state index contributed by atoms with van der Waals surface area (Å²) in [5, 5.41) is 33.4. The number of hydrogen-bond acceptors (Lipinski definition) is 5. The molecule has 0 unspecified atom stereocenters. The van der Waals surface area contributed by atoms with Crippen molar-refractivity contribution in [2.24, 2.45) is 0 Å². The molecule has 8 nitrogen and oxygen atoms in total. The van der Waals surface area contributed by atoms with E-state index in [4.69, 9.17) is 10.4 Å².